The summed E-state index contributed by atoms with van der Waals surface area (Å²) in [7, 11) is 0. The molecule has 5 nitrogen and oxygen atoms in total. The smallest absolute Gasteiger partial charge is 0.270 e. The average molecular weight is 424 g/mol. The topological polar surface area (TPSA) is 60.4 Å². The van der Waals surface area contributed by atoms with Crippen LogP contribution in [0.15, 0.2) is 58.9 Å². The van der Waals surface area contributed by atoms with Crippen molar-refractivity contribution in [1.82, 2.24) is 4.57 Å². The molecule has 1 aromatic heterocycles. The van der Waals surface area contributed by atoms with Crippen LogP contribution in [0, 0.1) is 23.0 Å². The molecule has 1 unspecified atom stereocenters. The molecule has 0 radical (unpaired) electrons. The van der Waals surface area contributed by atoms with Crippen molar-refractivity contribution in [3.8, 4) is 11.3 Å². The minimum Gasteiger partial charge on any atom is -0.314 e. The van der Waals surface area contributed by atoms with Crippen LogP contribution in [0.3, 0.4) is 0 Å². The summed E-state index contributed by atoms with van der Waals surface area (Å²) in [5.74, 6) is 0.678. The first kappa shape index (κ1) is 22.0. The zero-order chi connectivity index (χ0) is 21.7. The molecule has 6 heteroatoms. The Kier molecular flexibility index (Phi) is 7.21. The SMILES string of the molecule is Cc1cccc(N=c2scc(-c3cccc([N+](=O)[O-])c3)n2C(C)CCCC(C)C)c1. The maximum absolute atomic E-state index is 11.3. The Morgan fingerprint density at radius 3 is 2.57 bits per heavy atom. The molecule has 3 rings (SSSR count). The van der Waals surface area contributed by atoms with E-state index in [9.17, 15) is 10.1 Å². The van der Waals surface area contributed by atoms with Gasteiger partial charge in [0.05, 0.1) is 16.3 Å². The van der Waals surface area contributed by atoms with Gasteiger partial charge in [-0.25, -0.2) is 4.99 Å². The molecule has 0 fully saturated rings. The molecule has 0 saturated heterocycles. The molecule has 0 amide bonds. The normalized spacial score (nSPS) is 13.0. The van der Waals surface area contributed by atoms with Crippen LogP contribution >= 0.6 is 11.3 Å². The molecule has 2 aromatic carbocycles. The van der Waals surface area contributed by atoms with Crippen LogP contribution in [0.4, 0.5) is 11.4 Å². The number of hydrogen-bond acceptors (Lipinski definition) is 4. The maximum atomic E-state index is 11.3. The minimum absolute atomic E-state index is 0.106. The van der Waals surface area contributed by atoms with E-state index in [0.717, 1.165) is 34.6 Å². The van der Waals surface area contributed by atoms with Crippen molar-refractivity contribution in [1.29, 1.82) is 0 Å². The summed E-state index contributed by atoms with van der Waals surface area (Å²) in [4.78, 5) is 16.8. The number of hydrogen-bond donors (Lipinski definition) is 0. The van der Waals surface area contributed by atoms with E-state index in [0.29, 0.717) is 5.92 Å². The molecule has 0 saturated carbocycles. The molecule has 0 aliphatic carbocycles. The Morgan fingerprint density at radius 2 is 1.87 bits per heavy atom. The standard InChI is InChI=1S/C24H29N3O2S/c1-17(2)8-5-10-19(4)26-23(20-11-7-13-22(15-20)27(28)29)16-30-24(26)25-21-12-6-9-18(3)14-21/h6-7,9,11-17,19H,5,8,10H2,1-4H3. The van der Waals surface area contributed by atoms with E-state index in [-0.39, 0.29) is 16.7 Å². The van der Waals surface area contributed by atoms with Crippen molar-refractivity contribution in [3.63, 3.8) is 0 Å². The highest BCUT2D eigenvalue weighted by Crippen LogP contribution is 2.29. The Hall–Kier alpha value is -2.73. The highest BCUT2D eigenvalue weighted by atomic mass is 32.1. The summed E-state index contributed by atoms with van der Waals surface area (Å²) in [5.41, 5.74) is 4.03. The zero-order valence-corrected chi connectivity index (χ0v) is 18.9. The summed E-state index contributed by atoms with van der Waals surface area (Å²) in [6.07, 6.45) is 3.36. The van der Waals surface area contributed by atoms with Gasteiger partial charge < -0.3 is 4.57 Å². The predicted molar refractivity (Wildman–Crippen MR) is 124 cm³/mol. The summed E-state index contributed by atoms with van der Waals surface area (Å²) in [6.45, 7) is 8.76. The highest BCUT2D eigenvalue weighted by molar-refractivity contribution is 7.07. The van der Waals surface area contributed by atoms with Gasteiger partial charge in [0, 0.05) is 29.1 Å². The van der Waals surface area contributed by atoms with Gasteiger partial charge in [0.1, 0.15) is 0 Å². The van der Waals surface area contributed by atoms with Crippen LogP contribution < -0.4 is 4.80 Å². The van der Waals surface area contributed by atoms with Gasteiger partial charge in [-0.15, -0.1) is 11.3 Å². The number of benzene rings is 2. The van der Waals surface area contributed by atoms with E-state index in [1.54, 1.807) is 23.5 Å². The number of nitro groups is 1. The maximum Gasteiger partial charge on any atom is 0.270 e. The molecule has 0 aliphatic rings. The lowest BCUT2D eigenvalue weighted by Crippen LogP contribution is -2.20. The fourth-order valence-corrected chi connectivity index (χ4v) is 4.59. The molecule has 0 N–H and O–H groups in total. The van der Waals surface area contributed by atoms with Gasteiger partial charge in [-0.1, -0.05) is 51.0 Å². The Labute approximate surface area is 181 Å². The molecular formula is C24H29N3O2S. The molecular weight excluding hydrogens is 394 g/mol. The second kappa shape index (κ2) is 9.85. The van der Waals surface area contributed by atoms with Crippen molar-refractivity contribution < 1.29 is 4.92 Å². The van der Waals surface area contributed by atoms with E-state index in [1.807, 2.05) is 18.2 Å². The monoisotopic (exact) mass is 423 g/mol. The highest BCUT2D eigenvalue weighted by Gasteiger charge is 2.16. The summed E-state index contributed by atoms with van der Waals surface area (Å²) in [6, 6.07) is 15.3. The van der Waals surface area contributed by atoms with Crippen LogP contribution in [0.2, 0.25) is 0 Å². The zero-order valence-electron chi connectivity index (χ0n) is 18.0. The van der Waals surface area contributed by atoms with E-state index >= 15 is 0 Å². The number of nitrogens with zero attached hydrogens (tertiary/aromatic N) is 3. The minimum atomic E-state index is -0.343. The van der Waals surface area contributed by atoms with Crippen molar-refractivity contribution in [2.24, 2.45) is 10.9 Å². The first-order chi connectivity index (χ1) is 14.3. The molecule has 3 aromatic rings. The Bertz CT molecular complexity index is 1080. The number of aromatic nitrogens is 1. The second-order valence-electron chi connectivity index (χ2n) is 8.21. The second-order valence-corrected chi connectivity index (χ2v) is 9.04. The van der Waals surface area contributed by atoms with E-state index in [1.165, 1.54) is 18.1 Å². The summed E-state index contributed by atoms with van der Waals surface area (Å²) < 4.78 is 2.24. The van der Waals surface area contributed by atoms with Gasteiger partial charge in [-0.2, -0.15) is 0 Å². The number of rotatable bonds is 8. The van der Waals surface area contributed by atoms with E-state index < -0.39 is 0 Å². The molecule has 158 valence electrons. The quantitative estimate of drug-likeness (QED) is 0.288. The molecule has 1 atom stereocenters. The molecule has 0 spiro atoms. The largest absolute Gasteiger partial charge is 0.314 e. The third-order valence-corrected chi connectivity index (χ3v) is 6.00. The van der Waals surface area contributed by atoms with Crippen LogP contribution in [-0.2, 0) is 0 Å². The van der Waals surface area contributed by atoms with E-state index in [4.69, 9.17) is 4.99 Å². The van der Waals surface area contributed by atoms with Crippen molar-refractivity contribution in [3.05, 3.63) is 74.4 Å². The van der Waals surface area contributed by atoms with Gasteiger partial charge in [0.2, 0.25) is 0 Å². The Balaban J connectivity index is 2.08. The van der Waals surface area contributed by atoms with Gasteiger partial charge in [0.25, 0.3) is 5.69 Å². The van der Waals surface area contributed by atoms with Crippen LogP contribution in [-0.4, -0.2) is 9.49 Å². The summed E-state index contributed by atoms with van der Waals surface area (Å²) in [5, 5.41) is 13.3. The van der Waals surface area contributed by atoms with Gasteiger partial charge >= 0.3 is 0 Å². The Morgan fingerprint density at radius 1 is 1.10 bits per heavy atom. The fourth-order valence-electron chi connectivity index (χ4n) is 3.58. The average Bonchev–Trinajstić information content (AvgIpc) is 3.11. The van der Waals surface area contributed by atoms with Gasteiger partial charge in [0.15, 0.2) is 4.80 Å². The number of non-ortho nitro benzene ring substituents is 1. The summed E-state index contributed by atoms with van der Waals surface area (Å²) >= 11 is 1.58. The van der Waals surface area contributed by atoms with E-state index in [2.05, 4.69) is 49.8 Å². The van der Waals surface area contributed by atoms with Gasteiger partial charge in [-0.3, -0.25) is 10.1 Å². The van der Waals surface area contributed by atoms with Crippen molar-refractivity contribution >= 4 is 22.7 Å². The van der Waals surface area contributed by atoms with Crippen LogP contribution in [0.25, 0.3) is 11.3 Å². The third kappa shape index (κ3) is 5.45. The predicted octanol–water partition coefficient (Wildman–Crippen LogP) is 7.05. The molecule has 0 bridgehead atoms. The van der Waals surface area contributed by atoms with Crippen LogP contribution in [0.5, 0.6) is 0 Å². The lowest BCUT2D eigenvalue weighted by Gasteiger charge is -2.18. The van der Waals surface area contributed by atoms with Crippen LogP contribution in [0.1, 0.15) is 51.6 Å². The van der Waals surface area contributed by atoms with Crippen molar-refractivity contribution in [2.45, 2.75) is 53.0 Å². The lowest BCUT2D eigenvalue weighted by atomic mass is 10.0. The lowest BCUT2D eigenvalue weighted by molar-refractivity contribution is -0.384. The molecule has 30 heavy (non-hydrogen) atoms. The first-order valence-corrected chi connectivity index (χ1v) is 11.3. The van der Waals surface area contributed by atoms with Crippen molar-refractivity contribution in [2.75, 3.05) is 0 Å². The first-order valence-electron chi connectivity index (χ1n) is 10.4. The molecule has 1 heterocycles. The fraction of sp³-hybridized carbons (Fsp3) is 0.375. The third-order valence-electron chi connectivity index (χ3n) is 5.16. The van der Waals surface area contributed by atoms with Gasteiger partial charge in [-0.05, 0) is 43.9 Å². The number of nitro benzene ring substituents is 1. The number of aryl methyl sites for hydroxylation is 1. The number of thiazole rings is 1. The molecule has 0 aliphatic heterocycles.